The van der Waals surface area contributed by atoms with Gasteiger partial charge in [0.2, 0.25) is 5.91 Å². The Morgan fingerprint density at radius 1 is 1.38 bits per heavy atom. The Hall–Kier alpha value is -1.20. The maximum absolute atomic E-state index is 12.2. The van der Waals surface area contributed by atoms with Gasteiger partial charge >= 0.3 is 0 Å². The van der Waals surface area contributed by atoms with Gasteiger partial charge < -0.3 is 15.0 Å². The van der Waals surface area contributed by atoms with E-state index in [0.29, 0.717) is 13.2 Å². The van der Waals surface area contributed by atoms with Crippen LogP contribution < -0.4 is 10.1 Å². The van der Waals surface area contributed by atoms with E-state index >= 15 is 0 Å². The van der Waals surface area contributed by atoms with Gasteiger partial charge in [-0.3, -0.25) is 4.79 Å². The molecule has 0 radical (unpaired) electrons. The van der Waals surface area contributed by atoms with Crippen LogP contribution in [0.1, 0.15) is 11.1 Å². The van der Waals surface area contributed by atoms with Crippen molar-refractivity contribution in [1.82, 2.24) is 10.2 Å². The zero-order valence-electron chi connectivity index (χ0n) is 13.0. The summed E-state index contributed by atoms with van der Waals surface area (Å²) in [6.45, 7) is 6.15. The largest absolute Gasteiger partial charge is 0.492 e. The third-order valence-electron chi connectivity index (χ3n) is 3.49. The molecule has 1 unspecified atom stereocenters. The van der Waals surface area contributed by atoms with E-state index in [0.717, 1.165) is 23.8 Å². The Morgan fingerprint density at radius 2 is 2.10 bits per heavy atom. The maximum Gasteiger partial charge on any atom is 0.240 e. The Bertz CT molecular complexity index is 467. The molecule has 1 N–H and O–H groups in total. The lowest BCUT2D eigenvalue weighted by molar-refractivity contribution is -0.131. The summed E-state index contributed by atoms with van der Waals surface area (Å²) in [5.41, 5.74) is 2.38. The van der Waals surface area contributed by atoms with Crippen LogP contribution in [0.15, 0.2) is 18.2 Å². The molecule has 1 atom stereocenters. The average Bonchev–Trinajstić information content (AvgIpc) is 2.46. The van der Waals surface area contributed by atoms with E-state index in [1.165, 1.54) is 11.1 Å². The SMILES string of the molecule is Cc1cc(C)cc(OCCN(C)C(=O)C2CSCCN2)c1. The molecule has 1 aliphatic rings. The van der Waals surface area contributed by atoms with Crippen molar-refractivity contribution in [2.45, 2.75) is 19.9 Å². The fraction of sp³-hybridized carbons (Fsp3) is 0.562. The summed E-state index contributed by atoms with van der Waals surface area (Å²) in [5.74, 6) is 2.98. The molecule has 0 aliphatic carbocycles. The third-order valence-corrected chi connectivity index (χ3v) is 4.55. The standard InChI is InChI=1S/C16H24N2O2S/c1-12-8-13(2)10-14(9-12)20-6-5-18(3)16(19)15-11-21-7-4-17-15/h8-10,15,17H,4-7,11H2,1-3H3. The first-order chi connectivity index (χ1) is 10.1. The minimum absolute atomic E-state index is 0.0463. The molecule has 21 heavy (non-hydrogen) atoms. The molecule has 1 aromatic rings. The van der Waals surface area contributed by atoms with Crippen LogP contribution >= 0.6 is 11.8 Å². The number of carbonyl (C=O) groups is 1. The highest BCUT2D eigenvalue weighted by Gasteiger charge is 2.23. The lowest BCUT2D eigenvalue weighted by atomic mass is 10.1. The third kappa shape index (κ3) is 4.93. The summed E-state index contributed by atoms with van der Waals surface area (Å²) in [6, 6.07) is 6.12. The number of hydrogen-bond donors (Lipinski definition) is 1. The smallest absolute Gasteiger partial charge is 0.240 e. The summed E-state index contributed by atoms with van der Waals surface area (Å²) in [5, 5.41) is 3.27. The van der Waals surface area contributed by atoms with Crippen molar-refractivity contribution in [3.8, 4) is 5.75 Å². The van der Waals surface area contributed by atoms with Crippen molar-refractivity contribution >= 4 is 17.7 Å². The van der Waals surface area contributed by atoms with E-state index in [4.69, 9.17) is 4.74 Å². The fourth-order valence-electron chi connectivity index (χ4n) is 2.42. The number of nitrogens with one attached hydrogen (secondary N) is 1. The number of nitrogens with zero attached hydrogens (tertiary/aromatic N) is 1. The molecular weight excluding hydrogens is 284 g/mol. The molecular formula is C16H24N2O2S. The van der Waals surface area contributed by atoms with Gasteiger partial charge in [-0.2, -0.15) is 11.8 Å². The lowest BCUT2D eigenvalue weighted by Crippen LogP contribution is -2.50. The van der Waals surface area contributed by atoms with Gasteiger partial charge in [-0.05, 0) is 37.1 Å². The van der Waals surface area contributed by atoms with E-state index in [1.807, 2.05) is 30.9 Å². The van der Waals surface area contributed by atoms with E-state index in [9.17, 15) is 4.79 Å². The topological polar surface area (TPSA) is 41.6 Å². The lowest BCUT2D eigenvalue weighted by Gasteiger charge is -2.27. The van der Waals surface area contributed by atoms with Crippen molar-refractivity contribution in [2.24, 2.45) is 0 Å². The monoisotopic (exact) mass is 308 g/mol. The molecule has 0 spiro atoms. The van der Waals surface area contributed by atoms with Crippen molar-refractivity contribution in [2.75, 3.05) is 38.2 Å². The highest BCUT2D eigenvalue weighted by atomic mass is 32.2. The second-order valence-corrected chi connectivity index (χ2v) is 6.66. The van der Waals surface area contributed by atoms with Gasteiger partial charge in [-0.25, -0.2) is 0 Å². The highest BCUT2D eigenvalue weighted by molar-refractivity contribution is 7.99. The first-order valence-corrected chi connectivity index (χ1v) is 8.49. The summed E-state index contributed by atoms with van der Waals surface area (Å²) < 4.78 is 5.76. The molecule has 1 aliphatic heterocycles. The Kier molecular flexibility index (Phi) is 5.94. The van der Waals surface area contributed by atoms with Gasteiger partial charge in [0.1, 0.15) is 12.4 Å². The van der Waals surface area contributed by atoms with Crippen molar-refractivity contribution in [1.29, 1.82) is 0 Å². The van der Waals surface area contributed by atoms with Crippen LogP contribution in [0.5, 0.6) is 5.75 Å². The van der Waals surface area contributed by atoms with Crippen LogP contribution in [-0.2, 0) is 4.79 Å². The normalized spacial score (nSPS) is 18.3. The molecule has 1 fully saturated rings. The van der Waals surface area contributed by atoms with Gasteiger partial charge in [0.25, 0.3) is 0 Å². The first-order valence-electron chi connectivity index (χ1n) is 7.33. The van der Waals surface area contributed by atoms with Crippen LogP contribution in [0.2, 0.25) is 0 Å². The molecule has 1 amide bonds. The molecule has 0 saturated carbocycles. The van der Waals surface area contributed by atoms with Crippen LogP contribution in [-0.4, -0.2) is 55.1 Å². The average molecular weight is 308 g/mol. The highest BCUT2D eigenvalue weighted by Crippen LogP contribution is 2.16. The maximum atomic E-state index is 12.2. The predicted molar refractivity (Wildman–Crippen MR) is 88.2 cm³/mol. The Balaban J connectivity index is 1.78. The Morgan fingerprint density at radius 3 is 2.71 bits per heavy atom. The Labute approximate surface area is 131 Å². The number of aryl methyl sites for hydroxylation is 2. The zero-order valence-corrected chi connectivity index (χ0v) is 13.8. The van der Waals surface area contributed by atoms with Crippen molar-refractivity contribution in [3.63, 3.8) is 0 Å². The molecule has 2 rings (SSSR count). The van der Waals surface area contributed by atoms with Gasteiger partial charge in [-0.1, -0.05) is 6.07 Å². The summed E-state index contributed by atoms with van der Waals surface area (Å²) in [7, 11) is 1.84. The molecule has 0 aromatic heterocycles. The molecule has 5 heteroatoms. The van der Waals surface area contributed by atoms with Crippen LogP contribution in [0.25, 0.3) is 0 Å². The number of carbonyl (C=O) groups excluding carboxylic acids is 1. The number of amides is 1. The van der Waals surface area contributed by atoms with Crippen LogP contribution in [0, 0.1) is 13.8 Å². The molecule has 116 valence electrons. The number of ether oxygens (including phenoxy) is 1. The van der Waals surface area contributed by atoms with Gasteiger partial charge in [0, 0.05) is 25.1 Å². The molecule has 1 aromatic carbocycles. The van der Waals surface area contributed by atoms with Crippen LogP contribution in [0.4, 0.5) is 0 Å². The second kappa shape index (κ2) is 7.71. The second-order valence-electron chi connectivity index (χ2n) is 5.51. The zero-order chi connectivity index (χ0) is 15.2. The summed E-state index contributed by atoms with van der Waals surface area (Å²) >= 11 is 1.83. The van der Waals surface area contributed by atoms with E-state index in [-0.39, 0.29) is 11.9 Å². The number of benzene rings is 1. The number of thioether (sulfide) groups is 1. The molecule has 1 saturated heterocycles. The van der Waals surface area contributed by atoms with E-state index in [1.54, 1.807) is 4.90 Å². The minimum atomic E-state index is -0.0463. The van der Waals surface area contributed by atoms with Crippen molar-refractivity contribution in [3.05, 3.63) is 29.3 Å². The number of likely N-dealkylation sites (N-methyl/N-ethyl adjacent to an activating group) is 1. The van der Waals surface area contributed by atoms with E-state index < -0.39 is 0 Å². The first kappa shape index (κ1) is 16.2. The molecule has 0 bridgehead atoms. The van der Waals surface area contributed by atoms with Gasteiger partial charge in [-0.15, -0.1) is 0 Å². The number of rotatable bonds is 5. The van der Waals surface area contributed by atoms with E-state index in [2.05, 4.69) is 25.2 Å². The minimum Gasteiger partial charge on any atom is -0.492 e. The fourth-order valence-corrected chi connectivity index (χ4v) is 3.34. The summed E-state index contributed by atoms with van der Waals surface area (Å²) in [4.78, 5) is 14.0. The van der Waals surface area contributed by atoms with Crippen molar-refractivity contribution < 1.29 is 9.53 Å². The molecule has 1 heterocycles. The predicted octanol–water partition coefficient (Wildman–Crippen LogP) is 1.85. The van der Waals surface area contributed by atoms with Crippen LogP contribution in [0.3, 0.4) is 0 Å². The van der Waals surface area contributed by atoms with Gasteiger partial charge in [0.05, 0.1) is 12.6 Å². The molecule has 4 nitrogen and oxygen atoms in total. The van der Waals surface area contributed by atoms with Gasteiger partial charge in [0.15, 0.2) is 0 Å². The number of hydrogen-bond acceptors (Lipinski definition) is 4. The summed E-state index contributed by atoms with van der Waals surface area (Å²) in [6.07, 6.45) is 0. The quantitative estimate of drug-likeness (QED) is 0.901.